The first-order valence-electron chi connectivity index (χ1n) is 11.1. The number of alkyl halides is 6. The van der Waals surface area contributed by atoms with Crippen molar-refractivity contribution in [3.8, 4) is 0 Å². The van der Waals surface area contributed by atoms with Gasteiger partial charge in [0, 0.05) is 21.4 Å². The quantitative estimate of drug-likeness (QED) is 0.243. The van der Waals surface area contributed by atoms with Crippen LogP contribution in [0.25, 0.3) is 0 Å². The molecular formula is C23H21F6IN6O2S. The van der Waals surface area contributed by atoms with E-state index in [2.05, 4.69) is 25.7 Å². The number of aromatic nitrogens is 4. The van der Waals surface area contributed by atoms with Crippen molar-refractivity contribution in [1.29, 1.82) is 0 Å². The molecule has 2 aromatic heterocycles. The van der Waals surface area contributed by atoms with Crippen molar-refractivity contribution in [1.82, 2.24) is 25.1 Å². The third-order valence-corrected chi connectivity index (χ3v) is 6.94. The number of hydrogen-bond acceptors (Lipinski definition) is 6. The Balaban J connectivity index is 1.84. The number of nitrogens with zero attached hydrogens (tertiary/aromatic N) is 4. The predicted molar refractivity (Wildman–Crippen MR) is 141 cm³/mol. The van der Waals surface area contributed by atoms with Crippen LogP contribution in [-0.2, 0) is 18.9 Å². The summed E-state index contributed by atoms with van der Waals surface area (Å²) in [5, 5.41) is 8.44. The lowest BCUT2D eigenvalue weighted by Crippen LogP contribution is -2.36. The molecule has 2 N–H and O–H groups in total. The molecule has 0 spiro atoms. The van der Waals surface area contributed by atoms with Crippen molar-refractivity contribution in [3.63, 3.8) is 0 Å². The van der Waals surface area contributed by atoms with Gasteiger partial charge in [0.25, 0.3) is 11.8 Å². The Kier molecular flexibility index (Phi) is 9.51. The molecule has 8 nitrogen and oxygen atoms in total. The number of amides is 2. The molecule has 0 saturated heterocycles. The standard InChI is InChI=1S/C23H21F6IN6O2S/c1-11(10-39-3)32-21(38)19-13(5-4-6-14(19)30)20(37)34-15-8-31-18(33-12(15)2)9-36-17(23(27,28)29)7-16(35-36)22(24,25)26/h4-8,11H,9-10H2,1-3H3,(H,32,38)(H,34,37)/t11-/m0/s1. The summed E-state index contributed by atoms with van der Waals surface area (Å²) >= 11 is 3.49. The fourth-order valence-electron chi connectivity index (χ4n) is 3.47. The SMILES string of the molecule is CSC[C@H](C)NC(=O)c1c(I)cccc1C(=O)Nc1cnc(Cn2nc(C(F)(F)F)cc2C(F)(F)F)nc1C. The van der Waals surface area contributed by atoms with Crippen LogP contribution in [0.5, 0.6) is 0 Å². The molecule has 2 amide bonds. The molecule has 0 radical (unpaired) electrons. The van der Waals surface area contributed by atoms with E-state index in [1.807, 2.05) is 35.8 Å². The molecule has 16 heteroatoms. The minimum Gasteiger partial charge on any atom is -0.349 e. The highest BCUT2D eigenvalue weighted by atomic mass is 127. The summed E-state index contributed by atoms with van der Waals surface area (Å²) in [5.74, 6) is -0.685. The van der Waals surface area contributed by atoms with Gasteiger partial charge in [0.1, 0.15) is 18.1 Å². The highest BCUT2D eigenvalue weighted by Gasteiger charge is 2.42. The fourth-order valence-corrected chi connectivity index (χ4v) is 4.80. The van der Waals surface area contributed by atoms with Crippen molar-refractivity contribution < 1.29 is 35.9 Å². The van der Waals surface area contributed by atoms with Crippen LogP contribution >= 0.6 is 34.4 Å². The lowest BCUT2D eigenvalue weighted by Gasteiger charge is -2.16. The Morgan fingerprint density at radius 3 is 2.41 bits per heavy atom. The maximum atomic E-state index is 13.3. The van der Waals surface area contributed by atoms with E-state index >= 15 is 0 Å². The van der Waals surface area contributed by atoms with Gasteiger partial charge in [-0.3, -0.25) is 14.3 Å². The second-order valence-electron chi connectivity index (χ2n) is 8.30. The van der Waals surface area contributed by atoms with Crippen molar-refractivity contribution in [2.45, 2.75) is 38.8 Å². The molecule has 3 aromatic rings. The number of hydrogen-bond donors (Lipinski definition) is 2. The van der Waals surface area contributed by atoms with Gasteiger partial charge in [-0.05, 0) is 54.8 Å². The lowest BCUT2D eigenvalue weighted by atomic mass is 10.1. The topological polar surface area (TPSA) is 102 Å². The molecule has 0 fully saturated rings. The molecule has 0 unspecified atom stereocenters. The molecule has 39 heavy (non-hydrogen) atoms. The predicted octanol–water partition coefficient (Wildman–Crippen LogP) is 5.41. The number of rotatable bonds is 8. The van der Waals surface area contributed by atoms with Crippen molar-refractivity contribution in [2.75, 3.05) is 17.3 Å². The Hall–Kier alpha value is -2.89. The summed E-state index contributed by atoms with van der Waals surface area (Å²) in [5.41, 5.74) is -2.84. The molecular weight excluding hydrogens is 665 g/mol. The summed E-state index contributed by atoms with van der Waals surface area (Å²) in [6, 6.07) is 4.50. The van der Waals surface area contributed by atoms with E-state index in [1.54, 1.807) is 23.9 Å². The number of anilines is 1. The van der Waals surface area contributed by atoms with Gasteiger partial charge in [0.05, 0.1) is 28.7 Å². The number of nitrogens with one attached hydrogen (secondary N) is 2. The Labute approximate surface area is 236 Å². The van der Waals surface area contributed by atoms with Crippen molar-refractivity contribution in [2.24, 2.45) is 0 Å². The molecule has 210 valence electrons. The number of carbonyl (C=O) groups is 2. The Morgan fingerprint density at radius 1 is 1.13 bits per heavy atom. The van der Waals surface area contributed by atoms with Crippen LogP contribution < -0.4 is 10.6 Å². The van der Waals surface area contributed by atoms with E-state index in [-0.39, 0.29) is 45.1 Å². The van der Waals surface area contributed by atoms with Gasteiger partial charge >= 0.3 is 12.4 Å². The molecule has 2 heterocycles. The summed E-state index contributed by atoms with van der Waals surface area (Å²) < 4.78 is 79.3. The summed E-state index contributed by atoms with van der Waals surface area (Å²) in [4.78, 5) is 33.9. The maximum absolute atomic E-state index is 13.3. The number of carbonyl (C=O) groups excluding carboxylic acids is 2. The molecule has 1 atom stereocenters. The molecule has 0 aliphatic carbocycles. The zero-order chi connectivity index (χ0) is 29.1. The monoisotopic (exact) mass is 686 g/mol. The number of thioether (sulfide) groups is 1. The van der Waals surface area contributed by atoms with Crippen LogP contribution in [0.3, 0.4) is 0 Å². The van der Waals surface area contributed by atoms with Crippen LogP contribution in [0.2, 0.25) is 0 Å². The molecule has 0 bridgehead atoms. The van der Waals surface area contributed by atoms with E-state index < -0.39 is 42.1 Å². The number of aryl methyl sites for hydroxylation is 1. The van der Waals surface area contributed by atoms with Crippen LogP contribution in [0.1, 0.15) is 50.5 Å². The van der Waals surface area contributed by atoms with Gasteiger partial charge in [0.2, 0.25) is 0 Å². The first kappa shape index (κ1) is 30.6. The van der Waals surface area contributed by atoms with E-state index in [9.17, 15) is 35.9 Å². The van der Waals surface area contributed by atoms with E-state index in [0.29, 0.717) is 9.32 Å². The Morgan fingerprint density at radius 2 is 1.82 bits per heavy atom. The van der Waals surface area contributed by atoms with Gasteiger partial charge in [-0.15, -0.1) is 0 Å². The van der Waals surface area contributed by atoms with Gasteiger partial charge in [-0.2, -0.15) is 43.2 Å². The van der Waals surface area contributed by atoms with E-state index in [4.69, 9.17) is 0 Å². The second-order valence-corrected chi connectivity index (χ2v) is 10.4. The molecule has 0 aliphatic heterocycles. The van der Waals surface area contributed by atoms with Crippen LogP contribution in [0.4, 0.5) is 32.0 Å². The smallest absolute Gasteiger partial charge is 0.349 e. The van der Waals surface area contributed by atoms with Crippen molar-refractivity contribution in [3.05, 3.63) is 68.1 Å². The zero-order valence-electron chi connectivity index (χ0n) is 20.5. The average Bonchev–Trinajstić information content (AvgIpc) is 3.25. The van der Waals surface area contributed by atoms with Gasteiger partial charge in [0.15, 0.2) is 5.69 Å². The highest BCUT2D eigenvalue weighted by molar-refractivity contribution is 14.1. The van der Waals surface area contributed by atoms with Crippen molar-refractivity contribution >= 4 is 51.9 Å². The second kappa shape index (κ2) is 12.1. The summed E-state index contributed by atoms with van der Waals surface area (Å²) in [6.07, 6.45) is -7.16. The minimum atomic E-state index is -5.09. The van der Waals surface area contributed by atoms with E-state index in [0.717, 1.165) is 6.20 Å². The largest absolute Gasteiger partial charge is 0.435 e. The maximum Gasteiger partial charge on any atom is 0.435 e. The third kappa shape index (κ3) is 7.61. The van der Waals surface area contributed by atoms with Crippen LogP contribution in [-0.4, -0.2) is 49.6 Å². The zero-order valence-corrected chi connectivity index (χ0v) is 23.5. The normalized spacial score (nSPS) is 12.8. The highest BCUT2D eigenvalue weighted by Crippen LogP contribution is 2.35. The summed E-state index contributed by atoms with van der Waals surface area (Å²) in [7, 11) is 0. The first-order valence-corrected chi connectivity index (χ1v) is 13.5. The number of benzene rings is 1. The first-order chi connectivity index (χ1) is 18.1. The molecule has 3 rings (SSSR count). The third-order valence-electron chi connectivity index (χ3n) is 5.21. The molecule has 0 aliphatic rings. The van der Waals surface area contributed by atoms with Gasteiger partial charge < -0.3 is 10.6 Å². The summed E-state index contributed by atoms with van der Waals surface area (Å²) in [6.45, 7) is 2.47. The van der Waals surface area contributed by atoms with Gasteiger partial charge in [-0.1, -0.05) is 6.07 Å². The van der Waals surface area contributed by atoms with E-state index in [1.165, 1.54) is 13.0 Å². The average molecular weight is 686 g/mol. The molecule has 1 aromatic carbocycles. The van der Waals surface area contributed by atoms with Crippen LogP contribution in [0.15, 0.2) is 30.5 Å². The van der Waals surface area contributed by atoms with Gasteiger partial charge in [-0.25, -0.2) is 9.97 Å². The molecule has 0 saturated carbocycles. The minimum absolute atomic E-state index is 0.0743. The fraction of sp³-hybridized carbons (Fsp3) is 0.348. The lowest BCUT2D eigenvalue weighted by molar-refractivity contribution is -0.144. The Bertz CT molecular complexity index is 1380. The van der Waals surface area contributed by atoms with Crippen LogP contribution in [0, 0.1) is 10.5 Å². The number of halogens is 7.